The summed E-state index contributed by atoms with van der Waals surface area (Å²) >= 11 is 0. The maximum absolute atomic E-state index is 12.0. The molecule has 1 atom stereocenters. The van der Waals surface area contributed by atoms with Crippen LogP contribution in [0.2, 0.25) is 0 Å². The highest BCUT2D eigenvalue weighted by Gasteiger charge is 2.44. The average molecular weight is 291 g/mol. The Labute approximate surface area is 126 Å². The van der Waals surface area contributed by atoms with Crippen LogP contribution in [0.15, 0.2) is 30.3 Å². The van der Waals surface area contributed by atoms with E-state index >= 15 is 0 Å². The summed E-state index contributed by atoms with van der Waals surface area (Å²) in [5.41, 5.74) is -1.29. The maximum Gasteiger partial charge on any atom is 0.408 e. The molecule has 1 rings (SSSR count). The van der Waals surface area contributed by atoms with E-state index in [1.807, 2.05) is 44.2 Å². The topological polar surface area (TPSA) is 55.4 Å². The van der Waals surface area contributed by atoms with Gasteiger partial charge in [0.15, 0.2) is 0 Å². The predicted molar refractivity (Wildman–Crippen MR) is 83.3 cm³/mol. The minimum atomic E-state index is -1.07. The summed E-state index contributed by atoms with van der Waals surface area (Å²) in [6.45, 7) is 10.9. The Morgan fingerprint density at radius 1 is 1.05 bits per heavy atom. The lowest BCUT2D eigenvalue weighted by molar-refractivity contribution is -0.115. The molecular formula is C17H25NO3. The van der Waals surface area contributed by atoms with E-state index in [0.717, 1.165) is 11.8 Å². The lowest BCUT2D eigenvalue weighted by Gasteiger charge is -2.41. The third-order valence-electron chi connectivity index (χ3n) is 3.79. The Morgan fingerprint density at radius 2 is 1.57 bits per heavy atom. The van der Waals surface area contributed by atoms with Crippen LogP contribution in [0.3, 0.4) is 0 Å². The van der Waals surface area contributed by atoms with Crippen LogP contribution in [-0.4, -0.2) is 23.5 Å². The van der Waals surface area contributed by atoms with E-state index in [9.17, 15) is 9.59 Å². The number of carbonyl (C=O) groups excluding carboxylic acids is 2. The first-order valence-electron chi connectivity index (χ1n) is 7.05. The van der Waals surface area contributed by atoms with Gasteiger partial charge >= 0.3 is 6.09 Å². The van der Waals surface area contributed by atoms with Crippen LogP contribution in [0.4, 0.5) is 4.79 Å². The number of amides is 1. The van der Waals surface area contributed by atoms with E-state index in [0.29, 0.717) is 0 Å². The van der Waals surface area contributed by atoms with Crippen LogP contribution in [0.25, 0.3) is 0 Å². The molecule has 0 saturated heterocycles. The van der Waals surface area contributed by atoms with Crippen LogP contribution in [0.5, 0.6) is 0 Å². The molecule has 1 unspecified atom stereocenters. The van der Waals surface area contributed by atoms with Crippen molar-refractivity contribution in [1.82, 2.24) is 5.32 Å². The normalized spacial score (nSPS) is 15.0. The van der Waals surface area contributed by atoms with Crippen molar-refractivity contribution in [2.75, 3.05) is 0 Å². The fourth-order valence-corrected chi connectivity index (χ4v) is 2.00. The predicted octanol–water partition coefficient (Wildman–Crippen LogP) is 3.45. The highest BCUT2D eigenvalue weighted by molar-refractivity contribution is 5.78. The first-order valence-corrected chi connectivity index (χ1v) is 7.05. The molecule has 0 heterocycles. The summed E-state index contributed by atoms with van der Waals surface area (Å²) in [4.78, 5) is 23.7. The first-order chi connectivity index (χ1) is 9.52. The highest BCUT2D eigenvalue weighted by Crippen LogP contribution is 2.33. The van der Waals surface area contributed by atoms with Crippen molar-refractivity contribution >= 4 is 12.4 Å². The van der Waals surface area contributed by atoms with Crippen molar-refractivity contribution < 1.29 is 14.3 Å². The van der Waals surface area contributed by atoms with E-state index in [4.69, 9.17) is 4.74 Å². The molecule has 0 aliphatic carbocycles. The molecule has 1 N–H and O–H groups in total. The smallest absolute Gasteiger partial charge is 0.408 e. The second-order valence-corrected chi connectivity index (χ2v) is 6.94. The number of benzene rings is 1. The average Bonchev–Trinajstić information content (AvgIpc) is 2.37. The van der Waals surface area contributed by atoms with E-state index in [1.165, 1.54) is 0 Å². The molecule has 1 amide bonds. The Balaban J connectivity index is 3.04. The number of hydrogen-bond donors (Lipinski definition) is 1. The molecule has 0 aliphatic heterocycles. The second kappa shape index (κ2) is 5.88. The Morgan fingerprint density at radius 3 is 2.00 bits per heavy atom. The second-order valence-electron chi connectivity index (χ2n) is 6.94. The van der Waals surface area contributed by atoms with E-state index in [2.05, 4.69) is 5.32 Å². The Hall–Kier alpha value is -1.84. The monoisotopic (exact) mass is 291 g/mol. The maximum atomic E-state index is 12.0. The molecule has 116 valence electrons. The first kappa shape index (κ1) is 17.2. The standard InChI is InChI=1S/C17H25NO3/c1-15(2,3)21-14(20)18-17(6,12-19)16(4,5)13-10-8-7-9-11-13/h7-12H,1-6H3,(H,18,20). The SMILES string of the molecule is CC(C)(C)OC(=O)NC(C)(C=O)C(C)(C)c1ccccc1. The van der Waals surface area contributed by atoms with E-state index < -0.39 is 22.6 Å². The van der Waals surface area contributed by atoms with Gasteiger partial charge in [-0.3, -0.25) is 0 Å². The molecule has 1 aromatic carbocycles. The number of ether oxygens (including phenoxy) is 1. The van der Waals surface area contributed by atoms with Crippen molar-refractivity contribution in [2.24, 2.45) is 0 Å². The van der Waals surface area contributed by atoms with Gasteiger partial charge in [0.25, 0.3) is 0 Å². The minimum Gasteiger partial charge on any atom is -0.444 e. The van der Waals surface area contributed by atoms with E-state index in [1.54, 1.807) is 27.7 Å². The minimum absolute atomic E-state index is 0.576. The van der Waals surface area contributed by atoms with Crippen molar-refractivity contribution in [2.45, 2.75) is 58.1 Å². The third kappa shape index (κ3) is 4.06. The molecule has 4 heteroatoms. The number of alkyl carbamates (subject to hydrolysis) is 1. The number of carbonyl (C=O) groups is 2. The zero-order valence-corrected chi connectivity index (χ0v) is 13.7. The third-order valence-corrected chi connectivity index (χ3v) is 3.79. The van der Waals surface area contributed by atoms with Gasteiger partial charge in [-0.1, -0.05) is 44.2 Å². The molecule has 0 saturated carbocycles. The van der Waals surface area contributed by atoms with Gasteiger partial charge < -0.3 is 14.8 Å². The summed E-state index contributed by atoms with van der Waals surface area (Å²) in [7, 11) is 0. The number of nitrogens with one attached hydrogen (secondary N) is 1. The van der Waals surface area contributed by atoms with Crippen LogP contribution < -0.4 is 5.32 Å². The lowest BCUT2D eigenvalue weighted by Crippen LogP contribution is -2.60. The summed E-state index contributed by atoms with van der Waals surface area (Å²) in [6.07, 6.45) is 0.172. The van der Waals surface area contributed by atoms with Crippen molar-refractivity contribution in [3.63, 3.8) is 0 Å². The van der Waals surface area contributed by atoms with Crippen LogP contribution in [0, 0.1) is 0 Å². The Kier molecular flexibility index (Phi) is 4.82. The number of hydrogen-bond acceptors (Lipinski definition) is 3. The van der Waals surface area contributed by atoms with Gasteiger partial charge in [-0.2, -0.15) is 0 Å². The molecule has 0 spiro atoms. The fourth-order valence-electron chi connectivity index (χ4n) is 2.00. The van der Waals surface area contributed by atoms with Gasteiger partial charge in [-0.05, 0) is 33.3 Å². The lowest BCUT2D eigenvalue weighted by atomic mass is 9.69. The zero-order chi connectivity index (χ0) is 16.3. The molecule has 1 aromatic rings. The molecule has 4 nitrogen and oxygen atoms in total. The largest absolute Gasteiger partial charge is 0.444 e. The fraction of sp³-hybridized carbons (Fsp3) is 0.529. The summed E-state index contributed by atoms with van der Waals surface area (Å²) < 4.78 is 5.26. The molecule has 21 heavy (non-hydrogen) atoms. The van der Waals surface area contributed by atoms with Gasteiger partial charge in [0, 0.05) is 5.41 Å². The van der Waals surface area contributed by atoms with Gasteiger partial charge in [-0.25, -0.2) is 4.79 Å². The van der Waals surface area contributed by atoms with Crippen LogP contribution in [-0.2, 0) is 14.9 Å². The summed E-state index contributed by atoms with van der Waals surface area (Å²) in [5, 5.41) is 2.71. The molecular weight excluding hydrogens is 266 g/mol. The zero-order valence-electron chi connectivity index (χ0n) is 13.7. The van der Waals surface area contributed by atoms with Crippen molar-refractivity contribution in [1.29, 1.82) is 0 Å². The van der Waals surface area contributed by atoms with E-state index in [-0.39, 0.29) is 0 Å². The van der Waals surface area contributed by atoms with Crippen molar-refractivity contribution in [3.05, 3.63) is 35.9 Å². The van der Waals surface area contributed by atoms with Gasteiger partial charge in [0.2, 0.25) is 0 Å². The van der Waals surface area contributed by atoms with Crippen molar-refractivity contribution in [3.8, 4) is 0 Å². The van der Waals surface area contributed by atoms with Gasteiger partial charge in [0.1, 0.15) is 17.4 Å². The summed E-state index contributed by atoms with van der Waals surface area (Å²) in [6, 6.07) is 9.63. The molecule has 0 bridgehead atoms. The molecule has 0 fully saturated rings. The molecule has 0 radical (unpaired) electrons. The van der Waals surface area contributed by atoms with Crippen LogP contribution in [0.1, 0.15) is 47.1 Å². The quantitative estimate of drug-likeness (QED) is 0.864. The van der Waals surface area contributed by atoms with Crippen LogP contribution >= 0.6 is 0 Å². The molecule has 0 aromatic heterocycles. The van der Waals surface area contributed by atoms with Gasteiger partial charge in [0.05, 0.1) is 0 Å². The molecule has 0 aliphatic rings. The highest BCUT2D eigenvalue weighted by atomic mass is 16.6. The number of rotatable bonds is 4. The van der Waals surface area contributed by atoms with Gasteiger partial charge in [-0.15, -0.1) is 0 Å². The Bertz CT molecular complexity index is 503. The number of aldehydes is 1. The summed E-state index contributed by atoms with van der Waals surface area (Å²) in [5.74, 6) is 0.